The lowest BCUT2D eigenvalue weighted by atomic mass is 10.1. The van der Waals surface area contributed by atoms with E-state index >= 15 is 0 Å². The summed E-state index contributed by atoms with van der Waals surface area (Å²) in [6.45, 7) is 7.27. The lowest BCUT2D eigenvalue weighted by molar-refractivity contribution is 0.0697. The van der Waals surface area contributed by atoms with Gasteiger partial charge in [0.1, 0.15) is 0 Å². The molecule has 0 aromatic heterocycles. The summed E-state index contributed by atoms with van der Waals surface area (Å²) in [6.07, 6.45) is 1.14. The first-order valence-corrected chi connectivity index (χ1v) is 6.82. The van der Waals surface area contributed by atoms with Gasteiger partial charge in [-0.25, -0.2) is 4.79 Å². The Bertz CT molecular complexity index is 473. The number of aryl methyl sites for hydroxylation is 1. The number of carbonyl (C=O) groups is 1. The molecule has 2 rings (SSSR count). The molecule has 0 radical (unpaired) electrons. The van der Waals surface area contributed by atoms with Gasteiger partial charge in [-0.05, 0) is 44.2 Å². The maximum Gasteiger partial charge on any atom is 0.335 e. The summed E-state index contributed by atoms with van der Waals surface area (Å²) in [6, 6.07) is 5.98. The molecular formula is C15H22N2O2. The smallest absolute Gasteiger partial charge is 0.335 e. The minimum Gasteiger partial charge on any atom is -0.478 e. The molecule has 1 fully saturated rings. The van der Waals surface area contributed by atoms with E-state index in [2.05, 4.69) is 23.8 Å². The molecule has 1 unspecified atom stereocenters. The molecule has 1 aromatic carbocycles. The SMILES string of the molecule is CCC1CN(c2ccc(C(=O)O)cc2C)CCN1C. The third kappa shape index (κ3) is 2.89. The van der Waals surface area contributed by atoms with Crippen molar-refractivity contribution in [2.24, 2.45) is 0 Å². The number of hydrogen-bond donors (Lipinski definition) is 1. The van der Waals surface area contributed by atoms with Gasteiger partial charge in [0.2, 0.25) is 0 Å². The Morgan fingerprint density at radius 3 is 2.74 bits per heavy atom. The highest BCUT2D eigenvalue weighted by Gasteiger charge is 2.23. The molecule has 1 heterocycles. The first-order valence-electron chi connectivity index (χ1n) is 6.82. The molecular weight excluding hydrogens is 240 g/mol. The molecule has 19 heavy (non-hydrogen) atoms. The second kappa shape index (κ2) is 5.61. The number of carboxylic acid groups (broad SMARTS) is 1. The van der Waals surface area contributed by atoms with E-state index in [4.69, 9.17) is 5.11 Å². The number of rotatable bonds is 3. The molecule has 1 atom stereocenters. The Hall–Kier alpha value is -1.55. The minimum atomic E-state index is -0.862. The van der Waals surface area contributed by atoms with Gasteiger partial charge in [0.25, 0.3) is 0 Å². The number of nitrogens with zero attached hydrogens (tertiary/aromatic N) is 2. The van der Waals surface area contributed by atoms with E-state index in [1.807, 2.05) is 13.0 Å². The molecule has 0 saturated carbocycles. The Balaban J connectivity index is 2.20. The molecule has 1 saturated heterocycles. The maximum absolute atomic E-state index is 11.0. The second-order valence-corrected chi connectivity index (χ2v) is 5.30. The molecule has 1 aliphatic rings. The average Bonchev–Trinajstić information content (AvgIpc) is 2.39. The van der Waals surface area contributed by atoms with Crippen LogP contribution >= 0.6 is 0 Å². The summed E-state index contributed by atoms with van der Waals surface area (Å²) in [7, 11) is 2.17. The summed E-state index contributed by atoms with van der Waals surface area (Å²) in [5.41, 5.74) is 2.57. The summed E-state index contributed by atoms with van der Waals surface area (Å²) >= 11 is 0. The van der Waals surface area contributed by atoms with Gasteiger partial charge in [-0.2, -0.15) is 0 Å². The Morgan fingerprint density at radius 2 is 2.16 bits per heavy atom. The molecule has 1 N–H and O–H groups in total. The number of hydrogen-bond acceptors (Lipinski definition) is 3. The van der Waals surface area contributed by atoms with Gasteiger partial charge >= 0.3 is 5.97 Å². The van der Waals surface area contributed by atoms with Gasteiger partial charge in [0, 0.05) is 31.4 Å². The zero-order valence-electron chi connectivity index (χ0n) is 11.9. The van der Waals surface area contributed by atoms with E-state index in [0.29, 0.717) is 11.6 Å². The third-order valence-electron chi connectivity index (χ3n) is 4.03. The topological polar surface area (TPSA) is 43.8 Å². The highest BCUT2D eigenvalue weighted by Crippen LogP contribution is 2.24. The first kappa shape index (κ1) is 13.9. The van der Waals surface area contributed by atoms with Crippen LogP contribution in [0.3, 0.4) is 0 Å². The highest BCUT2D eigenvalue weighted by molar-refractivity contribution is 5.88. The third-order valence-corrected chi connectivity index (χ3v) is 4.03. The minimum absolute atomic E-state index is 0.363. The van der Waals surface area contributed by atoms with Crippen LogP contribution in [0.1, 0.15) is 29.3 Å². The van der Waals surface area contributed by atoms with E-state index in [-0.39, 0.29) is 0 Å². The summed E-state index contributed by atoms with van der Waals surface area (Å²) in [4.78, 5) is 15.7. The van der Waals surface area contributed by atoms with E-state index in [9.17, 15) is 4.79 Å². The van der Waals surface area contributed by atoms with Crippen molar-refractivity contribution in [3.63, 3.8) is 0 Å². The lowest BCUT2D eigenvalue weighted by Crippen LogP contribution is -2.51. The standard InChI is InChI=1S/C15H22N2O2/c1-4-13-10-17(8-7-16(13)3)14-6-5-12(15(18)19)9-11(14)2/h5-6,9,13H,4,7-8,10H2,1-3H3,(H,18,19). The fourth-order valence-corrected chi connectivity index (χ4v) is 2.75. The quantitative estimate of drug-likeness (QED) is 0.907. The molecule has 104 valence electrons. The monoisotopic (exact) mass is 262 g/mol. The van der Waals surface area contributed by atoms with E-state index in [0.717, 1.165) is 37.3 Å². The van der Waals surface area contributed by atoms with Gasteiger partial charge < -0.3 is 10.0 Å². The maximum atomic E-state index is 11.0. The van der Waals surface area contributed by atoms with Crippen molar-refractivity contribution in [1.29, 1.82) is 0 Å². The van der Waals surface area contributed by atoms with Crippen LogP contribution < -0.4 is 4.90 Å². The molecule has 1 aliphatic heterocycles. The van der Waals surface area contributed by atoms with Crippen molar-refractivity contribution in [2.45, 2.75) is 26.3 Å². The van der Waals surface area contributed by atoms with Crippen LogP contribution in [0.5, 0.6) is 0 Å². The van der Waals surface area contributed by atoms with E-state index in [1.165, 1.54) is 0 Å². The summed E-state index contributed by atoms with van der Waals surface area (Å²) < 4.78 is 0. The van der Waals surface area contributed by atoms with Crippen LogP contribution in [0.15, 0.2) is 18.2 Å². The van der Waals surface area contributed by atoms with Crippen molar-refractivity contribution < 1.29 is 9.90 Å². The molecule has 0 spiro atoms. The van der Waals surface area contributed by atoms with Gasteiger partial charge in [-0.3, -0.25) is 4.90 Å². The molecule has 0 bridgehead atoms. The number of likely N-dealkylation sites (N-methyl/N-ethyl adjacent to an activating group) is 1. The largest absolute Gasteiger partial charge is 0.478 e. The Kier molecular flexibility index (Phi) is 4.10. The van der Waals surface area contributed by atoms with Gasteiger partial charge in [-0.1, -0.05) is 6.92 Å². The van der Waals surface area contributed by atoms with Crippen LogP contribution in [-0.4, -0.2) is 48.7 Å². The predicted molar refractivity (Wildman–Crippen MR) is 77.1 cm³/mol. The zero-order chi connectivity index (χ0) is 14.0. The Morgan fingerprint density at radius 1 is 1.42 bits per heavy atom. The van der Waals surface area contributed by atoms with Crippen molar-refractivity contribution in [1.82, 2.24) is 4.90 Å². The molecule has 0 aliphatic carbocycles. The van der Waals surface area contributed by atoms with Crippen molar-refractivity contribution in [3.8, 4) is 0 Å². The fourth-order valence-electron chi connectivity index (χ4n) is 2.75. The van der Waals surface area contributed by atoms with Crippen LogP contribution in [0.25, 0.3) is 0 Å². The van der Waals surface area contributed by atoms with Crippen molar-refractivity contribution >= 4 is 11.7 Å². The molecule has 1 aromatic rings. The van der Waals surface area contributed by atoms with Crippen LogP contribution in [0.4, 0.5) is 5.69 Å². The zero-order valence-corrected chi connectivity index (χ0v) is 11.9. The van der Waals surface area contributed by atoms with Crippen LogP contribution in [-0.2, 0) is 0 Å². The predicted octanol–water partition coefficient (Wildman–Crippen LogP) is 2.22. The second-order valence-electron chi connectivity index (χ2n) is 5.30. The average molecular weight is 262 g/mol. The molecule has 0 amide bonds. The molecule has 4 heteroatoms. The number of anilines is 1. The number of carboxylic acids is 1. The van der Waals surface area contributed by atoms with E-state index < -0.39 is 5.97 Å². The van der Waals surface area contributed by atoms with Crippen molar-refractivity contribution in [3.05, 3.63) is 29.3 Å². The number of piperazine rings is 1. The Labute approximate surface area is 114 Å². The van der Waals surface area contributed by atoms with Gasteiger partial charge in [-0.15, -0.1) is 0 Å². The number of benzene rings is 1. The summed E-state index contributed by atoms with van der Waals surface area (Å²) in [5, 5.41) is 9.01. The first-order chi connectivity index (χ1) is 9.02. The fraction of sp³-hybridized carbons (Fsp3) is 0.533. The highest BCUT2D eigenvalue weighted by atomic mass is 16.4. The van der Waals surface area contributed by atoms with E-state index in [1.54, 1.807) is 12.1 Å². The van der Waals surface area contributed by atoms with Gasteiger partial charge in [0.05, 0.1) is 5.56 Å². The summed E-state index contributed by atoms with van der Waals surface area (Å²) in [5.74, 6) is -0.862. The van der Waals surface area contributed by atoms with Crippen LogP contribution in [0, 0.1) is 6.92 Å². The van der Waals surface area contributed by atoms with Crippen LogP contribution in [0.2, 0.25) is 0 Å². The molecule has 4 nitrogen and oxygen atoms in total. The van der Waals surface area contributed by atoms with Gasteiger partial charge in [0.15, 0.2) is 0 Å². The lowest BCUT2D eigenvalue weighted by Gasteiger charge is -2.41. The number of aromatic carboxylic acids is 1. The normalized spacial score (nSPS) is 20.6. The van der Waals surface area contributed by atoms with Crippen molar-refractivity contribution in [2.75, 3.05) is 31.6 Å².